The summed E-state index contributed by atoms with van der Waals surface area (Å²) in [4.78, 5) is 16.6. The first-order valence-electron chi connectivity index (χ1n) is 9.13. The van der Waals surface area contributed by atoms with Crippen LogP contribution >= 0.6 is 11.6 Å². The van der Waals surface area contributed by atoms with Gasteiger partial charge in [0, 0.05) is 22.3 Å². The van der Waals surface area contributed by atoms with Gasteiger partial charge in [-0.1, -0.05) is 72.3 Å². The largest absolute Gasteiger partial charge is 0.282 e. The third-order valence-corrected chi connectivity index (χ3v) is 4.83. The van der Waals surface area contributed by atoms with Gasteiger partial charge in [0.2, 0.25) is 0 Å². The van der Waals surface area contributed by atoms with Crippen LogP contribution in [0.4, 0.5) is 5.82 Å². The van der Waals surface area contributed by atoms with E-state index in [1.165, 1.54) is 0 Å². The van der Waals surface area contributed by atoms with E-state index >= 15 is 0 Å². The van der Waals surface area contributed by atoms with Crippen molar-refractivity contribution in [2.75, 3.05) is 5.43 Å². The van der Waals surface area contributed by atoms with Crippen LogP contribution < -0.4 is 10.9 Å². The number of benzene rings is 3. The van der Waals surface area contributed by atoms with Crippen LogP contribution in [0.3, 0.4) is 0 Å². The lowest BCUT2D eigenvalue weighted by atomic mass is 9.99. The Morgan fingerprint density at radius 2 is 1.45 bits per heavy atom. The van der Waals surface area contributed by atoms with Crippen molar-refractivity contribution in [1.82, 2.24) is 10.4 Å². The summed E-state index contributed by atoms with van der Waals surface area (Å²) in [6.07, 6.45) is 1.65. The molecule has 0 bridgehead atoms. The fourth-order valence-corrected chi connectivity index (χ4v) is 3.22. The number of carbonyl (C=O) groups is 1. The lowest BCUT2D eigenvalue weighted by Gasteiger charge is -2.11. The van der Waals surface area contributed by atoms with Crippen LogP contribution in [0.25, 0.3) is 22.3 Å². The van der Waals surface area contributed by atoms with Gasteiger partial charge in [-0.25, -0.2) is 4.98 Å². The maximum atomic E-state index is 12.5. The van der Waals surface area contributed by atoms with Gasteiger partial charge in [0.15, 0.2) is 0 Å². The average Bonchev–Trinajstić information content (AvgIpc) is 2.79. The number of hydrazine groups is 1. The van der Waals surface area contributed by atoms with Crippen LogP contribution in [0.15, 0.2) is 97.2 Å². The zero-order valence-corrected chi connectivity index (χ0v) is 16.2. The number of aromatic nitrogens is 1. The Morgan fingerprint density at radius 3 is 2.17 bits per heavy atom. The first-order valence-corrected chi connectivity index (χ1v) is 9.51. The van der Waals surface area contributed by atoms with Crippen LogP contribution in [-0.4, -0.2) is 10.9 Å². The van der Waals surface area contributed by atoms with Crippen molar-refractivity contribution < 1.29 is 4.79 Å². The number of carbonyl (C=O) groups excluding carboxylic acids is 1. The molecule has 0 spiro atoms. The third kappa shape index (κ3) is 4.45. The van der Waals surface area contributed by atoms with Crippen molar-refractivity contribution in [3.05, 3.63) is 108 Å². The van der Waals surface area contributed by atoms with Gasteiger partial charge in [0.25, 0.3) is 5.91 Å². The molecule has 0 aliphatic carbocycles. The van der Waals surface area contributed by atoms with Crippen molar-refractivity contribution in [2.45, 2.75) is 0 Å². The summed E-state index contributed by atoms with van der Waals surface area (Å²) < 4.78 is 0. The highest BCUT2D eigenvalue weighted by molar-refractivity contribution is 6.33. The van der Waals surface area contributed by atoms with Crippen LogP contribution in [-0.2, 0) is 0 Å². The molecule has 5 heteroatoms. The topological polar surface area (TPSA) is 54.0 Å². The van der Waals surface area contributed by atoms with Gasteiger partial charge in [0.1, 0.15) is 5.82 Å². The van der Waals surface area contributed by atoms with Crippen LogP contribution in [0.5, 0.6) is 0 Å². The number of anilines is 1. The second-order valence-electron chi connectivity index (χ2n) is 6.43. The molecule has 4 aromatic rings. The van der Waals surface area contributed by atoms with Gasteiger partial charge < -0.3 is 0 Å². The molecule has 0 saturated carbocycles. The maximum Gasteiger partial charge on any atom is 0.269 e. The van der Waals surface area contributed by atoms with E-state index in [1.54, 1.807) is 30.5 Å². The molecule has 4 nitrogen and oxygen atoms in total. The molecular weight excluding hydrogens is 382 g/mol. The molecule has 0 fully saturated rings. The summed E-state index contributed by atoms with van der Waals surface area (Å²) in [5.41, 5.74) is 9.97. The lowest BCUT2D eigenvalue weighted by molar-refractivity contribution is 0.0962. The number of amides is 1. The van der Waals surface area contributed by atoms with Gasteiger partial charge in [-0.3, -0.25) is 15.6 Å². The minimum Gasteiger partial charge on any atom is -0.282 e. The summed E-state index contributed by atoms with van der Waals surface area (Å²) in [7, 11) is 0. The van der Waals surface area contributed by atoms with E-state index in [4.69, 9.17) is 11.6 Å². The van der Waals surface area contributed by atoms with Crippen molar-refractivity contribution in [3.63, 3.8) is 0 Å². The molecule has 1 heterocycles. The standard InChI is InChI=1S/C24H18ClN3O/c25-22-14-13-20(24(29)28-27-23-8-4-5-15-26-23)16-21(22)19-11-9-18(10-12-19)17-6-2-1-3-7-17/h1-16H,(H,26,27)(H,28,29). The molecule has 29 heavy (non-hydrogen) atoms. The highest BCUT2D eigenvalue weighted by Crippen LogP contribution is 2.31. The second kappa shape index (κ2) is 8.59. The van der Waals surface area contributed by atoms with E-state index in [9.17, 15) is 4.79 Å². The van der Waals surface area contributed by atoms with E-state index < -0.39 is 0 Å². The molecule has 0 atom stereocenters. The number of nitrogens with zero attached hydrogens (tertiary/aromatic N) is 1. The Morgan fingerprint density at radius 1 is 0.759 bits per heavy atom. The van der Waals surface area contributed by atoms with Gasteiger partial charge >= 0.3 is 0 Å². The van der Waals surface area contributed by atoms with E-state index in [0.29, 0.717) is 16.4 Å². The summed E-state index contributed by atoms with van der Waals surface area (Å²) in [6.45, 7) is 0. The molecular formula is C24H18ClN3O. The Labute approximate surface area is 174 Å². The highest BCUT2D eigenvalue weighted by Gasteiger charge is 2.11. The SMILES string of the molecule is O=C(NNc1ccccn1)c1ccc(Cl)c(-c2ccc(-c3ccccc3)cc2)c1. The lowest BCUT2D eigenvalue weighted by Crippen LogP contribution is -2.29. The van der Waals surface area contributed by atoms with Crippen molar-refractivity contribution in [1.29, 1.82) is 0 Å². The quantitative estimate of drug-likeness (QED) is 0.415. The summed E-state index contributed by atoms with van der Waals surface area (Å²) in [5, 5.41) is 0.590. The number of pyridine rings is 1. The highest BCUT2D eigenvalue weighted by atomic mass is 35.5. The average molecular weight is 400 g/mol. The number of halogens is 1. The number of hydrogen-bond acceptors (Lipinski definition) is 3. The molecule has 4 rings (SSSR count). The molecule has 0 radical (unpaired) electrons. The predicted molar refractivity (Wildman–Crippen MR) is 118 cm³/mol. The fraction of sp³-hybridized carbons (Fsp3) is 0. The van der Waals surface area contributed by atoms with E-state index in [-0.39, 0.29) is 5.91 Å². The zero-order chi connectivity index (χ0) is 20.1. The van der Waals surface area contributed by atoms with Crippen LogP contribution in [0, 0.1) is 0 Å². The van der Waals surface area contributed by atoms with Crippen molar-refractivity contribution >= 4 is 23.3 Å². The van der Waals surface area contributed by atoms with Gasteiger partial charge in [-0.05, 0) is 47.0 Å². The third-order valence-electron chi connectivity index (χ3n) is 4.50. The van der Waals surface area contributed by atoms with E-state index in [0.717, 1.165) is 22.3 Å². The molecule has 0 aliphatic heterocycles. The van der Waals surface area contributed by atoms with Gasteiger partial charge in [0.05, 0.1) is 0 Å². The Bertz CT molecular complexity index is 1110. The minimum absolute atomic E-state index is 0.269. The normalized spacial score (nSPS) is 10.4. The number of hydrogen-bond donors (Lipinski definition) is 2. The smallest absolute Gasteiger partial charge is 0.269 e. The van der Waals surface area contributed by atoms with Crippen LogP contribution in [0.2, 0.25) is 5.02 Å². The molecule has 142 valence electrons. The molecule has 0 unspecified atom stereocenters. The predicted octanol–water partition coefficient (Wildman–Crippen LogP) is 5.83. The Balaban J connectivity index is 1.54. The second-order valence-corrected chi connectivity index (χ2v) is 6.84. The molecule has 1 amide bonds. The van der Waals surface area contributed by atoms with Crippen molar-refractivity contribution in [2.24, 2.45) is 0 Å². The number of rotatable bonds is 5. The zero-order valence-electron chi connectivity index (χ0n) is 15.5. The maximum absolute atomic E-state index is 12.5. The molecule has 2 N–H and O–H groups in total. The minimum atomic E-state index is -0.269. The van der Waals surface area contributed by atoms with Gasteiger partial charge in [-0.2, -0.15) is 0 Å². The summed E-state index contributed by atoms with van der Waals surface area (Å²) in [5.74, 6) is 0.293. The van der Waals surface area contributed by atoms with E-state index in [2.05, 4.69) is 40.1 Å². The Kier molecular flexibility index (Phi) is 5.54. The first-order chi connectivity index (χ1) is 14.2. The monoisotopic (exact) mass is 399 g/mol. The fourth-order valence-electron chi connectivity index (χ4n) is 2.99. The number of nitrogens with one attached hydrogen (secondary N) is 2. The van der Waals surface area contributed by atoms with Gasteiger partial charge in [-0.15, -0.1) is 0 Å². The Hall–Kier alpha value is -3.63. The van der Waals surface area contributed by atoms with Crippen molar-refractivity contribution in [3.8, 4) is 22.3 Å². The molecule has 0 saturated heterocycles. The summed E-state index contributed by atoms with van der Waals surface area (Å²) in [6, 6.07) is 28.9. The van der Waals surface area contributed by atoms with Crippen LogP contribution in [0.1, 0.15) is 10.4 Å². The first kappa shape index (κ1) is 18.7. The van der Waals surface area contributed by atoms with E-state index in [1.807, 2.05) is 42.5 Å². The summed E-state index contributed by atoms with van der Waals surface area (Å²) >= 11 is 6.41. The molecule has 3 aromatic carbocycles. The molecule has 1 aromatic heterocycles. The molecule has 0 aliphatic rings.